The summed E-state index contributed by atoms with van der Waals surface area (Å²) in [7, 11) is -1.87. The molecule has 57 heavy (non-hydrogen) atoms. The molecular weight excluding hydrogens is 727 g/mol. The van der Waals surface area contributed by atoms with Crippen molar-refractivity contribution in [2.75, 3.05) is 44.3 Å². The van der Waals surface area contributed by atoms with E-state index in [1.54, 1.807) is 12.3 Å². The van der Waals surface area contributed by atoms with Crippen molar-refractivity contribution in [1.29, 1.82) is 0 Å². The van der Waals surface area contributed by atoms with Crippen molar-refractivity contribution in [3.8, 4) is 5.88 Å². The molecule has 4 saturated carbocycles. The molecule has 7 nitrogen and oxygen atoms in total. The van der Waals surface area contributed by atoms with Gasteiger partial charge in [-0.1, -0.05) is 65.0 Å². The number of carboxylic acids is 1. The Morgan fingerprint density at radius 1 is 0.965 bits per heavy atom. The molecule has 1 aromatic heterocycles. The van der Waals surface area contributed by atoms with Crippen molar-refractivity contribution in [3.05, 3.63) is 59.8 Å². The highest BCUT2D eigenvalue weighted by atomic mass is 32.2. The van der Waals surface area contributed by atoms with Crippen LogP contribution in [0.1, 0.15) is 119 Å². The predicted molar refractivity (Wildman–Crippen MR) is 234 cm³/mol. The standard InChI is InChI=1S/C49H73N3O4S/c1-34(2)36-16-23-49(51-27-28-52-29-31-57(8,55)32-30-52)25-24-46(6)38(42(36)49)12-13-40-45(5)19-17-37(44(3,4)39(45)18-20-47(40,46)7)35-14-21-48(22-15-35,43(53)54)33-56-41-11-9-10-26-50-41/h9-11,14,17,26,36,38-40,42,51H,1,8,12-13,15-16,18-25,27-33H2,2-7H3,(H,53,54)/t36-,38+,39-,40+,42+,45-,46+,47+,48?,49-/m0/s1. The van der Waals surface area contributed by atoms with Crippen LogP contribution < -0.4 is 10.1 Å². The first kappa shape index (κ1) is 41.3. The number of ether oxygens (including phenoxy) is 1. The van der Waals surface area contributed by atoms with Crippen LogP contribution in [0.15, 0.2) is 59.8 Å². The molecule has 2 heterocycles. The lowest BCUT2D eigenvalue weighted by atomic mass is 9.33. The fraction of sp³-hybridized carbons (Fsp3) is 0.735. The van der Waals surface area contributed by atoms with Gasteiger partial charge >= 0.3 is 5.97 Å². The van der Waals surface area contributed by atoms with Crippen molar-refractivity contribution in [2.45, 2.75) is 124 Å². The molecule has 0 bridgehead atoms. The summed E-state index contributed by atoms with van der Waals surface area (Å²) in [5, 5.41) is 14.7. The van der Waals surface area contributed by atoms with E-state index >= 15 is 0 Å². The van der Waals surface area contributed by atoms with Crippen molar-refractivity contribution >= 4 is 21.4 Å². The molecule has 1 aromatic rings. The van der Waals surface area contributed by atoms with E-state index in [0.29, 0.717) is 48.3 Å². The first-order valence-corrected chi connectivity index (χ1v) is 24.6. The minimum atomic E-state index is -1.87. The van der Waals surface area contributed by atoms with Crippen molar-refractivity contribution in [1.82, 2.24) is 15.2 Å². The number of hydrogen-bond donors (Lipinski definition) is 2. The third kappa shape index (κ3) is 6.73. The van der Waals surface area contributed by atoms with E-state index in [2.05, 4.69) is 81.3 Å². The third-order valence-corrected chi connectivity index (χ3v) is 20.5. The monoisotopic (exact) mass is 800 g/mol. The Labute approximate surface area is 345 Å². The normalized spacial score (nSPS) is 42.3. The van der Waals surface area contributed by atoms with Gasteiger partial charge in [0.1, 0.15) is 12.0 Å². The molecule has 1 aliphatic heterocycles. The number of aromatic nitrogens is 1. The SMILES string of the molecule is C=C(C)[C@@H]1CC[C@]2(NCCN3CCS(=C)(=O)CC3)CC[C@]3(C)[C@H](CC[C@@H]4[C@@]5(C)CC=C(C6=CCC(COc7ccccn7)(C(=O)O)CC6)C(C)(C)[C@@H]5CC[C@]43C)[C@@H]12. The Hall–Kier alpha value is -2.42. The molecule has 1 saturated heterocycles. The molecule has 8 heteroatoms. The lowest BCUT2D eigenvalue weighted by Crippen LogP contribution is -2.68. The fourth-order valence-corrected chi connectivity index (χ4v) is 16.7. The molecule has 314 valence electrons. The molecule has 10 atom stereocenters. The maximum Gasteiger partial charge on any atom is 0.313 e. The van der Waals surface area contributed by atoms with E-state index in [9.17, 15) is 14.1 Å². The van der Waals surface area contributed by atoms with Gasteiger partial charge in [-0.05, 0) is 168 Å². The Morgan fingerprint density at radius 2 is 1.74 bits per heavy atom. The maximum atomic E-state index is 12.7. The van der Waals surface area contributed by atoms with Gasteiger partial charge in [0.2, 0.25) is 5.88 Å². The van der Waals surface area contributed by atoms with Gasteiger partial charge in [0.15, 0.2) is 0 Å². The van der Waals surface area contributed by atoms with E-state index in [0.717, 1.165) is 50.5 Å². The number of nitrogens with zero attached hydrogens (tertiary/aromatic N) is 2. The fourth-order valence-electron chi connectivity index (χ4n) is 15.3. The summed E-state index contributed by atoms with van der Waals surface area (Å²) in [6, 6.07) is 5.51. The highest BCUT2D eigenvalue weighted by Crippen LogP contribution is 2.76. The van der Waals surface area contributed by atoms with Crippen molar-refractivity contribution < 1.29 is 18.8 Å². The summed E-state index contributed by atoms with van der Waals surface area (Å²) in [5.74, 6) is 8.36. The number of hydrogen-bond acceptors (Lipinski definition) is 6. The number of fused-ring (bicyclic) bond motifs is 7. The second kappa shape index (κ2) is 14.6. The molecule has 0 spiro atoms. The summed E-state index contributed by atoms with van der Waals surface area (Å²) in [4.78, 5) is 19.5. The minimum Gasteiger partial charge on any atom is -0.481 e. The minimum absolute atomic E-state index is 0.0201. The smallest absolute Gasteiger partial charge is 0.313 e. The van der Waals surface area contributed by atoms with E-state index < -0.39 is 20.9 Å². The average Bonchev–Trinajstić information content (AvgIpc) is 3.55. The quantitative estimate of drug-likeness (QED) is 0.180. The summed E-state index contributed by atoms with van der Waals surface area (Å²) in [6.45, 7) is 24.1. The van der Waals surface area contributed by atoms with Crippen LogP contribution >= 0.6 is 0 Å². The van der Waals surface area contributed by atoms with E-state index in [1.165, 1.54) is 68.1 Å². The summed E-state index contributed by atoms with van der Waals surface area (Å²) >= 11 is 0. The van der Waals surface area contributed by atoms with Gasteiger partial charge in [-0.2, -0.15) is 0 Å². The number of pyridine rings is 1. The topological polar surface area (TPSA) is 91.8 Å². The van der Waals surface area contributed by atoms with E-state index in [1.807, 2.05) is 12.1 Å². The third-order valence-electron chi connectivity index (χ3n) is 18.7. The van der Waals surface area contributed by atoms with E-state index in [-0.39, 0.29) is 33.8 Å². The van der Waals surface area contributed by atoms with Crippen LogP contribution in [0.2, 0.25) is 0 Å². The second-order valence-electron chi connectivity index (χ2n) is 21.5. The molecule has 8 rings (SSSR count). The number of nitrogens with one attached hydrogen (secondary N) is 1. The number of rotatable bonds is 10. The highest BCUT2D eigenvalue weighted by Gasteiger charge is 2.70. The number of carbonyl (C=O) groups is 1. The molecule has 6 aliphatic carbocycles. The number of carboxylic acid groups (broad SMARTS) is 1. The Morgan fingerprint density at radius 3 is 2.40 bits per heavy atom. The van der Waals surface area contributed by atoms with E-state index in [4.69, 9.17) is 4.74 Å². The van der Waals surface area contributed by atoms with Crippen LogP contribution in [0, 0.1) is 56.7 Å². The second-order valence-corrected chi connectivity index (χ2v) is 24.3. The maximum absolute atomic E-state index is 12.7. The van der Waals surface area contributed by atoms with Gasteiger partial charge in [0, 0.05) is 55.5 Å². The van der Waals surface area contributed by atoms with Crippen molar-refractivity contribution in [2.24, 2.45) is 56.7 Å². The molecule has 0 radical (unpaired) electrons. The van der Waals surface area contributed by atoms with Gasteiger partial charge in [-0.25, -0.2) is 4.98 Å². The predicted octanol–water partition coefficient (Wildman–Crippen LogP) is 9.21. The van der Waals surface area contributed by atoms with Crippen LogP contribution in [0.5, 0.6) is 5.88 Å². The highest BCUT2D eigenvalue weighted by molar-refractivity contribution is 8.00. The molecule has 2 N–H and O–H groups in total. The lowest BCUT2D eigenvalue weighted by molar-refractivity contribution is -0.221. The zero-order valence-corrected chi connectivity index (χ0v) is 37.0. The molecule has 0 aromatic carbocycles. The van der Waals surface area contributed by atoms with Crippen molar-refractivity contribution in [3.63, 3.8) is 0 Å². The van der Waals surface area contributed by atoms with Crippen LogP contribution in [0.25, 0.3) is 0 Å². The number of allylic oxidation sites excluding steroid dienone is 5. The first-order chi connectivity index (χ1) is 26.9. The average molecular weight is 800 g/mol. The van der Waals surface area contributed by atoms with Crippen LogP contribution in [0.4, 0.5) is 0 Å². The summed E-state index contributed by atoms with van der Waals surface area (Å²) < 4.78 is 18.5. The zero-order chi connectivity index (χ0) is 40.6. The Kier molecular flexibility index (Phi) is 10.6. The number of aliphatic carboxylic acids is 1. The molecule has 5 fully saturated rings. The van der Waals surface area contributed by atoms with Crippen LogP contribution in [-0.2, 0) is 14.3 Å². The lowest BCUT2D eigenvalue weighted by Gasteiger charge is -2.72. The van der Waals surface area contributed by atoms with Crippen LogP contribution in [0.3, 0.4) is 0 Å². The van der Waals surface area contributed by atoms with Gasteiger partial charge < -0.3 is 20.1 Å². The van der Waals surface area contributed by atoms with Gasteiger partial charge in [0.25, 0.3) is 0 Å². The summed E-state index contributed by atoms with van der Waals surface area (Å²) in [5.41, 5.74) is 4.31. The molecule has 7 aliphatic rings. The molecular formula is C49H73N3O4S. The largest absolute Gasteiger partial charge is 0.481 e. The Balaban J connectivity index is 1.01. The van der Waals surface area contributed by atoms with Crippen LogP contribution in [-0.4, -0.2) is 80.9 Å². The molecule has 1 unspecified atom stereocenters. The van der Waals surface area contributed by atoms with Gasteiger partial charge in [-0.3, -0.25) is 9.00 Å². The zero-order valence-electron chi connectivity index (χ0n) is 36.2. The summed E-state index contributed by atoms with van der Waals surface area (Å²) in [6.07, 6.45) is 19.8. The van der Waals surface area contributed by atoms with Gasteiger partial charge in [-0.15, -0.1) is 0 Å². The Bertz CT molecular complexity index is 1890. The molecule has 0 amide bonds. The van der Waals surface area contributed by atoms with Gasteiger partial charge in [0.05, 0.1) is 0 Å². The first-order valence-electron chi connectivity index (χ1n) is 22.5.